The maximum Gasteiger partial charge on any atom is 0.375 e. The van der Waals surface area contributed by atoms with Crippen LogP contribution in [0, 0.1) is 0 Å². The summed E-state index contributed by atoms with van der Waals surface area (Å²) in [6, 6.07) is 14.1. The third-order valence-electron chi connectivity index (χ3n) is 5.40. The van der Waals surface area contributed by atoms with Crippen molar-refractivity contribution in [3.05, 3.63) is 70.4 Å². The SMILES string of the molecule is O=C(COC(=O)c1oc2ccccc2c1CSC1CCCCC1)c1ccc(Cl)cc1. The third kappa shape index (κ3) is 4.90. The number of hydrogen-bond acceptors (Lipinski definition) is 5. The summed E-state index contributed by atoms with van der Waals surface area (Å²) in [4.78, 5) is 25.1. The van der Waals surface area contributed by atoms with Crippen LogP contribution in [0.4, 0.5) is 0 Å². The molecule has 1 heterocycles. The molecule has 0 amide bonds. The minimum Gasteiger partial charge on any atom is -0.451 e. The highest BCUT2D eigenvalue weighted by atomic mass is 35.5. The molecule has 0 atom stereocenters. The van der Waals surface area contributed by atoms with Gasteiger partial charge in [0, 0.05) is 32.5 Å². The van der Waals surface area contributed by atoms with Gasteiger partial charge in [0.25, 0.3) is 0 Å². The van der Waals surface area contributed by atoms with Crippen molar-refractivity contribution in [3.63, 3.8) is 0 Å². The van der Waals surface area contributed by atoms with Gasteiger partial charge in [-0.2, -0.15) is 11.8 Å². The van der Waals surface area contributed by atoms with E-state index in [0.717, 1.165) is 10.9 Å². The van der Waals surface area contributed by atoms with Crippen molar-refractivity contribution in [1.29, 1.82) is 0 Å². The van der Waals surface area contributed by atoms with Gasteiger partial charge in [-0.3, -0.25) is 4.79 Å². The Morgan fingerprint density at radius 3 is 2.53 bits per heavy atom. The lowest BCUT2D eigenvalue weighted by Gasteiger charge is -2.20. The number of fused-ring (bicyclic) bond motifs is 1. The molecule has 30 heavy (non-hydrogen) atoms. The minimum atomic E-state index is -0.604. The number of para-hydroxylation sites is 1. The zero-order valence-corrected chi connectivity index (χ0v) is 18.1. The molecule has 0 bridgehead atoms. The highest BCUT2D eigenvalue weighted by Crippen LogP contribution is 2.35. The van der Waals surface area contributed by atoms with Gasteiger partial charge in [-0.15, -0.1) is 0 Å². The fourth-order valence-corrected chi connectivity index (χ4v) is 5.24. The van der Waals surface area contributed by atoms with Gasteiger partial charge in [0.15, 0.2) is 12.4 Å². The Kier molecular flexibility index (Phi) is 6.80. The summed E-state index contributed by atoms with van der Waals surface area (Å²) in [6.07, 6.45) is 6.29. The summed E-state index contributed by atoms with van der Waals surface area (Å²) >= 11 is 7.73. The monoisotopic (exact) mass is 442 g/mol. The summed E-state index contributed by atoms with van der Waals surface area (Å²) in [6.45, 7) is -0.341. The van der Waals surface area contributed by atoms with E-state index in [-0.39, 0.29) is 18.2 Å². The molecule has 2 aromatic carbocycles. The molecule has 1 aliphatic carbocycles. The molecule has 0 N–H and O–H groups in total. The summed E-state index contributed by atoms with van der Waals surface area (Å²) in [5, 5.41) is 2.09. The third-order valence-corrected chi connectivity index (χ3v) is 7.05. The number of rotatable bonds is 7. The molecule has 0 radical (unpaired) electrons. The van der Waals surface area contributed by atoms with Crippen LogP contribution in [0.15, 0.2) is 52.9 Å². The van der Waals surface area contributed by atoms with E-state index in [0.29, 0.717) is 27.2 Å². The van der Waals surface area contributed by atoms with Gasteiger partial charge < -0.3 is 9.15 Å². The van der Waals surface area contributed by atoms with Crippen molar-refractivity contribution in [2.24, 2.45) is 0 Å². The van der Waals surface area contributed by atoms with Crippen molar-refractivity contribution in [3.8, 4) is 0 Å². The highest BCUT2D eigenvalue weighted by Gasteiger charge is 2.24. The Labute approximate surface area is 184 Å². The largest absolute Gasteiger partial charge is 0.451 e. The van der Waals surface area contributed by atoms with Gasteiger partial charge in [0.1, 0.15) is 5.58 Å². The van der Waals surface area contributed by atoms with E-state index in [1.165, 1.54) is 32.1 Å². The number of furan rings is 1. The number of ether oxygens (including phenoxy) is 1. The highest BCUT2D eigenvalue weighted by molar-refractivity contribution is 7.99. The smallest absolute Gasteiger partial charge is 0.375 e. The van der Waals surface area contributed by atoms with Gasteiger partial charge in [0.05, 0.1) is 0 Å². The topological polar surface area (TPSA) is 56.5 Å². The maximum absolute atomic E-state index is 12.8. The number of halogens is 1. The second kappa shape index (κ2) is 9.71. The summed E-state index contributed by atoms with van der Waals surface area (Å²) in [7, 11) is 0. The lowest BCUT2D eigenvalue weighted by Crippen LogP contribution is -2.15. The van der Waals surface area contributed by atoms with E-state index < -0.39 is 5.97 Å². The lowest BCUT2D eigenvalue weighted by molar-refractivity contribution is 0.0445. The van der Waals surface area contributed by atoms with E-state index in [1.807, 2.05) is 36.0 Å². The van der Waals surface area contributed by atoms with Crippen LogP contribution < -0.4 is 0 Å². The van der Waals surface area contributed by atoms with Crippen LogP contribution in [0.25, 0.3) is 11.0 Å². The van der Waals surface area contributed by atoms with Gasteiger partial charge in [-0.25, -0.2) is 4.79 Å². The molecule has 1 fully saturated rings. The molecule has 6 heteroatoms. The van der Waals surface area contributed by atoms with Crippen LogP contribution in [0.5, 0.6) is 0 Å². The standard InChI is InChI=1S/C24H23ClO4S/c25-17-12-10-16(11-13-17)21(26)14-28-24(27)23-20(15-30-18-6-2-1-3-7-18)19-8-4-5-9-22(19)29-23/h4-5,8-13,18H,1-3,6-7,14-15H2. The van der Waals surface area contributed by atoms with Gasteiger partial charge in [0.2, 0.25) is 5.76 Å². The quantitative estimate of drug-likeness (QED) is 0.301. The van der Waals surface area contributed by atoms with E-state index in [1.54, 1.807) is 24.3 Å². The molecule has 0 spiro atoms. The van der Waals surface area contributed by atoms with Crippen LogP contribution in [0.2, 0.25) is 5.02 Å². The fourth-order valence-electron chi connectivity index (χ4n) is 3.76. The molecule has 1 saturated carbocycles. The molecule has 156 valence electrons. The molecule has 1 aromatic heterocycles. The first-order chi connectivity index (χ1) is 14.6. The maximum atomic E-state index is 12.8. The number of hydrogen-bond donors (Lipinski definition) is 0. The van der Waals surface area contributed by atoms with Gasteiger partial charge in [-0.05, 0) is 43.2 Å². The molecule has 0 unspecified atom stereocenters. The summed E-state index contributed by atoms with van der Waals surface area (Å²) in [5.74, 6) is 0.00230. The Bertz CT molecular complexity index is 1040. The fraction of sp³-hybridized carbons (Fsp3) is 0.333. The first-order valence-corrected chi connectivity index (χ1v) is 11.6. The van der Waals surface area contributed by atoms with E-state index >= 15 is 0 Å². The molecular formula is C24H23ClO4S. The second-order valence-corrected chi connectivity index (χ2v) is 9.21. The predicted molar refractivity (Wildman–Crippen MR) is 120 cm³/mol. The number of ketones is 1. The molecular weight excluding hydrogens is 420 g/mol. The van der Waals surface area contributed by atoms with Crippen LogP contribution >= 0.6 is 23.4 Å². The van der Waals surface area contributed by atoms with Crippen molar-refractivity contribution in [2.45, 2.75) is 43.1 Å². The minimum absolute atomic E-state index is 0.198. The van der Waals surface area contributed by atoms with Crippen LogP contribution in [0.1, 0.15) is 58.6 Å². The average molecular weight is 443 g/mol. The zero-order valence-electron chi connectivity index (χ0n) is 16.6. The Balaban J connectivity index is 1.48. The Morgan fingerprint density at radius 2 is 1.77 bits per heavy atom. The normalized spacial score (nSPS) is 14.7. The van der Waals surface area contributed by atoms with Gasteiger partial charge >= 0.3 is 5.97 Å². The van der Waals surface area contributed by atoms with Crippen molar-refractivity contribution < 1.29 is 18.7 Å². The Hall–Kier alpha value is -2.24. The number of Topliss-reactive ketones (excluding diaryl/α,β-unsaturated/α-hetero) is 1. The Morgan fingerprint density at radius 1 is 1.03 bits per heavy atom. The number of benzene rings is 2. The van der Waals surface area contributed by atoms with Crippen molar-refractivity contribution >= 4 is 46.1 Å². The van der Waals surface area contributed by atoms with Gasteiger partial charge in [-0.1, -0.05) is 49.1 Å². The molecule has 1 aliphatic rings. The lowest BCUT2D eigenvalue weighted by atomic mass is 10.0. The van der Waals surface area contributed by atoms with E-state index in [2.05, 4.69) is 0 Å². The first-order valence-electron chi connectivity index (χ1n) is 10.2. The number of carbonyl (C=O) groups excluding carboxylic acids is 2. The van der Waals surface area contributed by atoms with Crippen LogP contribution in [-0.4, -0.2) is 23.6 Å². The summed E-state index contributed by atoms with van der Waals surface area (Å²) < 4.78 is 11.2. The predicted octanol–water partition coefficient (Wildman–Crippen LogP) is 6.69. The van der Waals surface area contributed by atoms with Crippen LogP contribution in [0.3, 0.4) is 0 Å². The first kappa shape index (κ1) is 21.0. The van der Waals surface area contributed by atoms with E-state index in [9.17, 15) is 9.59 Å². The molecule has 4 nitrogen and oxygen atoms in total. The molecule has 4 rings (SSSR count). The number of carbonyl (C=O) groups is 2. The molecule has 3 aromatic rings. The van der Waals surface area contributed by atoms with Crippen LogP contribution in [-0.2, 0) is 10.5 Å². The number of esters is 1. The summed E-state index contributed by atoms with van der Waals surface area (Å²) in [5.41, 5.74) is 1.96. The van der Waals surface area contributed by atoms with Crippen molar-refractivity contribution in [1.82, 2.24) is 0 Å². The zero-order chi connectivity index (χ0) is 20.9. The van der Waals surface area contributed by atoms with E-state index in [4.69, 9.17) is 20.8 Å². The second-order valence-electron chi connectivity index (χ2n) is 7.48. The number of thioether (sulfide) groups is 1. The average Bonchev–Trinajstić information content (AvgIpc) is 3.16. The van der Waals surface area contributed by atoms with Crippen molar-refractivity contribution in [2.75, 3.05) is 6.61 Å². The molecule has 0 saturated heterocycles. The molecule has 0 aliphatic heterocycles.